The molecule has 9 heteroatoms. The second-order valence-corrected chi connectivity index (χ2v) is 9.74. The van der Waals surface area contributed by atoms with E-state index in [4.69, 9.17) is 23.9 Å². The zero-order chi connectivity index (χ0) is 27.5. The summed E-state index contributed by atoms with van der Waals surface area (Å²) >= 11 is 0. The Hall–Kier alpha value is -4.11. The number of nitrogens with zero attached hydrogens (tertiary/aromatic N) is 4. The lowest BCUT2D eigenvalue weighted by Gasteiger charge is -2.27. The molecule has 0 radical (unpaired) electrons. The van der Waals surface area contributed by atoms with E-state index in [1.165, 1.54) is 0 Å². The minimum atomic E-state index is -0.0994. The first kappa shape index (κ1) is 26.5. The lowest BCUT2D eigenvalue weighted by molar-refractivity contribution is 0.0499. The molecular weight excluding hydrogens is 496 g/mol. The van der Waals surface area contributed by atoms with Crippen LogP contribution in [0, 0.1) is 6.92 Å². The maximum Gasteiger partial charge on any atom is 0.272 e. The molecule has 0 spiro atoms. The number of hydrogen-bond acceptors (Lipinski definition) is 7. The summed E-state index contributed by atoms with van der Waals surface area (Å²) in [6.45, 7) is 3.42. The Labute approximate surface area is 228 Å². The van der Waals surface area contributed by atoms with Gasteiger partial charge in [-0.25, -0.2) is 4.98 Å². The Balaban J connectivity index is 1.64. The van der Waals surface area contributed by atoms with E-state index in [0.717, 1.165) is 52.0 Å². The number of carbonyl (C=O) groups excluding carboxylic acids is 1. The maximum atomic E-state index is 13.9. The van der Waals surface area contributed by atoms with Crippen LogP contribution in [0.25, 0.3) is 22.2 Å². The highest BCUT2D eigenvalue weighted by Gasteiger charge is 2.27. The van der Waals surface area contributed by atoms with Crippen LogP contribution in [0.2, 0.25) is 0 Å². The summed E-state index contributed by atoms with van der Waals surface area (Å²) < 4.78 is 24.1. The smallest absolute Gasteiger partial charge is 0.272 e. The topological polar surface area (TPSA) is 87.9 Å². The molecule has 0 aliphatic carbocycles. The molecule has 9 nitrogen and oxygen atoms in total. The van der Waals surface area contributed by atoms with E-state index in [9.17, 15) is 4.79 Å². The number of pyridine rings is 1. The van der Waals surface area contributed by atoms with E-state index < -0.39 is 0 Å². The number of rotatable bonds is 9. The molecule has 0 unspecified atom stereocenters. The van der Waals surface area contributed by atoms with Crippen LogP contribution in [0.5, 0.6) is 17.2 Å². The van der Waals surface area contributed by atoms with Crippen molar-refractivity contribution in [2.45, 2.75) is 32.4 Å². The van der Waals surface area contributed by atoms with Gasteiger partial charge < -0.3 is 23.8 Å². The molecule has 39 heavy (non-hydrogen) atoms. The standard InChI is InChI=1S/C30H34N4O5/c1-19-12-26(33(2)32-19)30(35)34(18-24-10-7-11-39-24)17-22-13-21-15-27(37-4)28(38-5)16-25(21)31-29(22)20-8-6-9-23(14-20)36-3/h6,8-9,12-16,24H,7,10-11,17-18H2,1-5H3/t24-/m0/s1. The Morgan fingerprint density at radius 2 is 1.87 bits per heavy atom. The molecule has 2 aromatic carbocycles. The van der Waals surface area contributed by atoms with Gasteiger partial charge in [0.25, 0.3) is 5.91 Å². The Morgan fingerprint density at radius 3 is 2.54 bits per heavy atom. The zero-order valence-electron chi connectivity index (χ0n) is 23.1. The summed E-state index contributed by atoms with van der Waals surface area (Å²) in [6, 6.07) is 15.5. The van der Waals surface area contributed by atoms with Crippen LogP contribution in [-0.4, -0.2) is 66.2 Å². The SMILES string of the molecule is COc1cccc(-c2nc3cc(OC)c(OC)cc3cc2CN(C[C@@H]2CCCO2)C(=O)c2cc(C)nn2C)c1. The second kappa shape index (κ2) is 11.3. The van der Waals surface area contributed by atoms with Gasteiger partial charge in [-0.3, -0.25) is 9.48 Å². The van der Waals surface area contributed by atoms with Crippen molar-refractivity contribution in [2.24, 2.45) is 7.05 Å². The molecule has 1 atom stereocenters. The predicted molar refractivity (Wildman–Crippen MR) is 148 cm³/mol. The van der Waals surface area contributed by atoms with E-state index >= 15 is 0 Å². The van der Waals surface area contributed by atoms with Gasteiger partial charge in [-0.15, -0.1) is 0 Å². The second-order valence-electron chi connectivity index (χ2n) is 9.74. The summed E-state index contributed by atoms with van der Waals surface area (Å²) in [6.07, 6.45) is 1.90. The van der Waals surface area contributed by atoms with Crippen LogP contribution in [0.1, 0.15) is 34.6 Å². The van der Waals surface area contributed by atoms with Crippen molar-refractivity contribution >= 4 is 16.8 Å². The molecule has 204 valence electrons. The Kier molecular flexibility index (Phi) is 7.70. The van der Waals surface area contributed by atoms with Gasteiger partial charge in [-0.2, -0.15) is 5.10 Å². The fraction of sp³-hybridized carbons (Fsp3) is 0.367. The first-order chi connectivity index (χ1) is 18.9. The fourth-order valence-corrected chi connectivity index (χ4v) is 5.12. The van der Waals surface area contributed by atoms with Crippen LogP contribution >= 0.6 is 0 Å². The van der Waals surface area contributed by atoms with Gasteiger partial charge in [0.1, 0.15) is 11.4 Å². The van der Waals surface area contributed by atoms with Crippen molar-refractivity contribution < 1.29 is 23.7 Å². The highest BCUT2D eigenvalue weighted by molar-refractivity contribution is 5.93. The molecule has 0 bridgehead atoms. The normalized spacial score (nSPS) is 14.9. The summed E-state index contributed by atoms with van der Waals surface area (Å²) in [5.41, 5.74) is 4.64. The Morgan fingerprint density at radius 1 is 1.08 bits per heavy atom. The molecule has 4 aromatic rings. The zero-order valence-corrected chi connectivity index (χ0v) is 23.1. The monoisotopic (exact) mass is 530 g/mol. The first-order valence-electron chi connectivity index (χ1n) is 13.0. The summed E-state index contributed by atoms with van der Waals surface area (Å²) in [5, 5.41) is 5.28. The van der Waals surface area contributed by atoms with Crippen molar-refractivity contribution in [2.75, 3.05) is 34.5 Å². The molecule has 2 aromatic heterocycles. The van der Waals surface area contributed by atoms with E-state index in [1.807, 2.05) is 54.3 Å². The van der Waals surface area contributed by atoms with Crippen LogP contribution in [0.4, 0.5) is 0 Å². The number of ether oxygens (including phenoxy) is 4. The quantitative estimate of drug-likeness (QED) is 0.307. The van der Waals surface area contributed by atoms with Gasteiger partial charge in [0.15, 0.2) is 11.5 Å². The number of carbonyl (C=O) groups is 1. The average Bonchev–Trinajstić information content (AvgIpc) is 3.59. The van der Waals surface area contributed by atoms with Crippen molar-refractivity contribution in [1.82, 2.24) is 19.7 Å². The van der Waals surface area contributed by atoms with Gasteiger partial charge in [0.05, 0.1) is 44.3 Å². The van der Waals surface area contributed by atoms with Crippen LogP contribution in [0.3, 0.4) is 0 Å². The minimum absolute atomic E-state index is 0.0127. The molecule has 1 fully saturated rings. The molecule has 0 saturated carbocycles. The first-order valence-corrected chi connectivity index (χ1v) is 13.0. The largest absolute Gasteiger partial charge is 0.497 e. The van der Waals surface area contributed by atoms with E-state index in [2.05, 4.69) is 11.2 Å². The van der Waals surface area contributed by atoms with E-state index in [1.54, 1.807) is 33.1 Å². The van der Waals surface area contributed by atoms with Crippen LogP contribution in [-0.2, 0) is 18.3 Å². The van der Waals surface area contributed by atoms with E-state index in [0.29, 0.717) is 36.9 Å². The highest BCUT2D eigenvalue weighted by atomic mass is 16.5. The molecule has 1 saturated heterocycles. The third-order valence-electron chi connectivity index (χ3n) is 7.06. The predicted octanol–water partition coefficient (Wildman–Crippen LogP) is 4.79. The van der Waals surface area contributed by atoms with Gasteiger partial charge >= 0.3 is 0 Å². The lowest BCUT2D eigenvalue weighted by Crippen LogP contribution is -2.38. The molecule has 0 N–H and O–H groups in total. The summed E-state index contributed by atoms with van der Waals surface area (Å²) in [4.78, 5) is 20.8. The van der Waals surface area contributed by atoms with Crippen LogP contribution < -0.4 is 14.2 Å². The average molecular weight is 531 g/mol. The van der Waals surface area contributed by atoms with Crippen molar-refractivity contribution in [3.8, 4) is 28.5 Å². The number of aromatic nitrogens is 3. The number of aryl methyl sites for hydroxylation is 2. The molecule has 1 amide bonds. The fourth-order valence-electron chi connectivity index (χ4n) is 5.12. The Bertz CT molecular complexity index is 1490. The third-order valence-corrected chi connectivity index (χ3v) is 7.06. The maximum absolute atomic E-state index is 13.9. The summed E-state index contributed by atoms with van der Waals surface area (Å²) in [5.74, 6) is 1.84. The third kappa shape index (κ3) is 5.54. The van der Waals surface area contributed by atoms with E-state index in [-0.39, 0.29) is 12.0 Å². The lowest BCUT2D eigenvalue weighted by atomic mass is 10.0. The van der Waals surface area contributed by atoms with Crippen molar-refractivity contribution in [1.29, 1.82) is 0 Å². The molecule has 3 heterocycles. The number of methoxy groups -OCH3 is 3. The van der Waals surface area contributed by atoms with Crippen molar-refractivity contribution in [3.63, 3.8) is 0 Å². The number of hydrogen-bond donors (Lipinski definition) is 0. The molecule has 1 aliphatic rings. The molecule has 1 aliphatic heterocycles. The number of fused-ring (bicyclic) bond motifs is 1. The molecular formula is C30H34N4O5. The number of benzene rings is 2. The van der Waals surface area contributed by atoms with Crippen LogP contribution in [0.15, 0.2) is 48.5 Å². The highest BCUT2D eigenvalue weighted by Crippen LogP contribution is 2.35. The van der Waals surface area contributed by atoms with Gasteiger partial charge in [0, 0.05) is 43.8 Å². The van der Waals surface area contributed by atoms with Crippen molar-refractivity contribution in [3.05, 3.63) is 65.5 Å². The van der Waals surface area contributed by atoms with Gasteiger partial charge in [-0.1, -0.05) is 12.1 Å². The summed E-state index contributed by atoms with van der Waals surface area (Å²) in [7, 11) is 6.66. The molecule has 5 rings (SSSR count). The number of amides is 1. The van der Waals surface area contributed by atoms with Gasteiger partial charge in [0.2, 0.25) is 0 Å². The van der Waals surface area contributed by atoms with Gasteiger partial charge in [-0.05, 0) is 55.7 Å². The minimum Gasteiger partial charge on any atom is -0.497 e.